The molecular weight excluding hydrogens is 201 g/mol. The van der Waals surface area contributed by atoms with Gasteiger partial charge in [0.1, 0.15) is 0 Å². The van der Waals surface area contributed by atoms with Crippen LogP contribution in [-0.4, -0.2) is 24.4 Å². The van der Waals surface area contributed by atoms with E-state index in [1.807, 2.05) is 18.2 Å². The van der Waals surface area contributed by atoms with Crippen molar-refractivity contribution < 1.29 is 0 Å². The van der Waals surface area contributed by atoms with Gasteiger partial charge in [0.15, 0.2) is 0 Å². The fourth-order valence-corrected chi connectivity index (χ4v) is 1.10. The Morgan fingerprint density at radius 3 is 2.25 bits per heavy atom. The number of benzene rings is 1. The quantitative estimate of drug-likeness (QED) is 0.598. The zero-order chi connectivity index (χ0) is 5.98. The molecule has 0 aliphatic heterocycles. The minimum atomic E-state index is 0.926. The minimum absolute atomic E-state index is 0.926. The van der Waals surface area contributed by atoms with E-state index in [-0.39, 0.29) is 0 Å². The fourth-order valence-electron chi connectivity index (χ4n) is 0.511. The molecule has 2 heteroatoms. The van der Waals surface area contributed by atoms with Gasteiger partial charge in [-0.15, -0.1) is 0 Å². The molecule has 1 aromatic carbocycles. The van der Waals surface area contributed by atoms with Crippen LogP contribution >= 0.6 is 0 Å². The molecule has 0 unspecified atom stereocenters. The Kier molecular flexibility index (Phi) is 1.84. The molecule has 38 valence electrons. The number of rotatable bonds is 0. The van der Waals surface area contributed by atoms with Crippen molar-refractivity contribution in [2.24, 2.45) is 0 Å². The predicted molar refractivity (Wildman–Crippen MR) is 36.2 cm³/mol. The van der Waals surface area contributed by atoms with Crippen molar-refractivity contribution in [1.82, 2.24) is 0 Å². The van der Waals surface area contributed by atoms with Crippen molar-refractivity contribution in [1.29, 1.82) is 0 Å². The van der Waals surface area contributed by atoms with Crippen LogP contribution in [0.15, 0.2) is 24.3 Å². The van der Waals surface area contributed by atoms with Crippen LogP contribution < -0.4 is 9.05 Å². The van der Waals surface area contributed by atoms with E-state index in [9.17, 15) is 0 Å². The first-order valence-corrected chi connectivity index (χ1v) is 4.05. The van der Waals surface area contributed by atoms with Crippen molar-refractivity contribution in [2.75, 3.05) is 5.73 Å². The Labute approximate surface area is 63.5 Å². The van der Waals surface area contributed by atoms with E-state index in [1.54, 1.807) is 0 Å². The number of anilines is 1. The van der Waals surface area contributed by atoms with Gasteiger partial charge in [-0.1, -0.05) is 0 Å². The van der Waals surface area contributed by atoms with E-state index >= 15 is 0 Å². The number of nitrogen functional groups attached to an aromatic ring is 1. The number of nitrogens with two attached hydrogens (primary N) is 1. The zero-order valence-electron chi connectivity index (χ0n) is 4.46. The summed E-state index contributed by atoms with van der Waals surface area (Å²) in [6, 6.07) is 7.95. The molecule has 0 amide bonds. The van der Waals surface area contributed by atoms with Gasteiger partial charge in [0.25, 0.3) is 0 Å². The van der Waals surface area contributed by atoms with Crippen LogP contribution in [0.2, 0.25) is 0 Å². The first-order valence-electron chi connectivity index (χ1n) is 2.40. The van der Waals surface area contributed by atoms with Gasteiger partial charge in [-0.25, -0.2) is 0 Å². The van der Waals surface area contributed by atoms with Gasteiger partial charge in [0.2, 0.25) is 0 Å². The average molecular weight is 207 g/mol. The van der Waals surface area contributed by atoms with Crippen LogP contribution in [0.25, 0.3) is 0 Å². The van der Waals surface area contributed by atoms with Crippen molar-refractivity contribution in [3.8, 4) is 0 Å². The van der Waals surface area contributed by atoms with Gasteiger partial charge in [-0.2, -0.15) is 0 Å². The molecule has 2 radical (unpaired) electrons. The summed E-state index contributed by atoms with van der Waals surface area (Å²) in [5.74, 6) is 0. The molecule has 1 aromatic rings. The molecule has 2 N–H and O–H groups in total. The summed E-state index contributed by atoms with van der Waals surface area (Å²) in [7, 11) is 0. The van der Waals surface area contributed by atoms with E-state index in [0.29, 0.717) is 0 Å². The van der Waals surface area contributed by atoms with Crippen LogP contribution in [0.5, 0.6) is 0 Å². The summed E-state index contributed by atoms with van der Waals surface area (Å²) >= 11 is 1.11. The van der Waals surface area contributed by atoms with Gasteiger partial charge in [0.05, 0.1) is 0 Å². The van der Waals surface area contributed by atoms with E-state index in [4.69, 9.17) is 5.73 Å². The van der Waals surface area contributed by atoms with E-state index in [1.165, 1.54) is 3.32 Å². The second kappa shape index (κ2) is 2.44. The van der Waals surface area contributed by atoms with Gasteiger partial charge >= 0.3 is 63.4 Å². The molecule has 0 spiro atoms. The monoisotopic (exact) mass is 207 g/mol. The zero-order valence-corrected chi connectivity index (χ0v) is 7.76. The van der Waals surface area contributed by atoms with E-state index in [2.05, 4.69) is 6.07 Å². The van der Waals surface area contributed by atoms with Crippen molar-refractivity contribution in [3.05, 3.63) is 24.3 Å². The van der Waals surface area contributed by atoms with E-state index in [0.717, 1.165) is 30.1 Å². The molecule has 1 rings (SSSR count). The van der Waals surface area contributed by atoms with Crippen LogP contribution in [0.3, 0.4) is 0 Å². The third-order valence-electron chi connectivity index (χ3n) is 0.996. The van der Waals surface area contributed by atoms with Crippen molar-refractivity contribution in [3.63, 3.8) is 0 Å². The predicted octanol–water partition coefficient (Wildman–Crippen LogP) is 0.0626. The molecule has 0 heterocycles. The molecular formula is C6H6InN. The Hall–Kier alpha value is -0.110. The molecule has 0 aliphatic carbocycles. The van der Waals surface area contributed by atoms with Gasteiger partial charge in [-0.05, 0) is 0 Å². The van der Waals surface area contributed by atoms with Gasteiger partial charge in [0, 0.05) is 0 Å². The summed E-state index contributed by atoms with van der Waals surface area (Å²) in [6.45, 7) is 0. The van der Waals surface area contributed by atoms with Crippen LogP contribution in [0.1, 0.15) is 0 Å². The fraction of sp³-hybridized carbons (Fsp3) is 0. The molecule has 0 atom stereocenters. The van der Waals surface area contributed by atoms with Crippen LogP contribution in [0, 0.1) is 0 Å². The topological polar surface area (TPSA) is 26.0 Å². The summed E-state index contributed by atoms with van der Waals surface area (Å²) in [5, 5.41) is 0. The first kappa shape index (κ1) is 6.02. The third-order valence-corrected chi connectivity index (χ3v) is 2.50. The summed E-state index contributed by atoms with van der Waals surface area (Å²) in [6.07, 6.45) is 0. The second-order valence-corrected chi connectivity index (χ2v) is 3.40. The second-order valence-electron chi connectivity index (χ2n) is 1.63. The molecule has 0 bridgehead atoms. The first-order chi connectivity index (χ1) is 3.80. The Morgan fingerprint density at radius 1 is 1.25 bits per heavy atom. The van der Waals surface area contributed by atoms with Crippen molar-refractivity contribution in [2.45, 2.75) is 0 Å². The maximum absolute atomic E-state index is 5.55. The molecule has 0 saturated heterocycles. The Bertz CT molecular complexity index is 165. The summed E-state index contributed by atoms with van der Waals surface area (Å²) < 4.78 is 1.28. The maximum atomic E-state index is 5.55. The molecule has 8 heavy (non-hydrogen) atoms. The normalized spacial score (nSPS) is 9.00. The molecule has 0 aromatic heterocycles. The van der Waals surface area contributed by atoms with Crippen LogP contribution in [-0.2, 0) is 0 Å². The van der Waals surface area contributed by atoms with Gasteiger partial charge in [-0.3, -0.25) is 0 Å². The molecule has 1 nitrogen and oxygen atoms in total. The van der Waals surface area contributed by atoms with E-state index < -0.39 is 0 Å². The summed E-state index contributed by atoms with van der Waals surface area (Å²) in [4.78, 5) is 0. The standard InChI is InChI=1S/C6H6N.In/c7-6-4-2-1-3-5-6;/h1-4H,7H2;. The molecule has 0 fully saturated rings. The molecule has 0 saturated carbocycles. The average Bonchev–Trinajstić information content (AvgIpc) is 1.77. The molecule has 0 aliphatic rings. The van der Waals surface area contributed by atoms with Crippen molar-refractivity contribution >= 4 is 33.4 Å². The Morgan fingerprint density at radius 2 is 1.88 bits per heavy atom. The number of para-hydroxylation sites is 1. The SMILES string of the molecule is Nc1cccc[c]1[In]. The number of hydrogen-bond donors (Lipinski definition) is 1. The van der Waals surface area contributed by atoms with Gasteiger partial charge < -0.3 is 0 Å². The Balaban J connectivity index is 3.13. The van der Waals surface area contributed by atoms with Crippen LogP contribution in [0.4, 0.5) is 5.69 Å². The third kappa shape index (κ3) is 1.19. The number of hydrogen-bond acceptors (Lipinski definition) is 1. The summed E-state index contributed by atoms with van der Waals surface area (Å²) in [5.41, 5.74) is 6.48.